The fourth-order valence-electron chi connectivity index (χ4n) is 1.52. The van der Waals surface area contributed by atoms with Gasteiger partial charge in [-0.3, -0.25) is 4.79 Å². The summed E-state index contributed by atoms with van der Waals surface area (Å²) in [5.41, 5.74) is 0.598. The highest BCUT2D eigenvalue weighted by Gasteiger charge is 2.24. The Balaban J connectivity index is 3.24. The predicted octanol–water partition coefficient (Wildman–Crippen LogP) is 3.74. The Bertz CT molecular complexity index is 664. The lowest BCUT2D eigenvalue weighted by Gasteiger charge is -2.28. The van der Waals surface area contributed by atoms with Crippen LogP contribution in [0.4, 0.5) is 0 Å². The molecule has 1 rings (SSSR count). The number of carbonyl (C=O) groups is 1. The van der Waals surface area contributed by atoms with Crippen molar-refractivity contribution in [3.63, 3.8) is 0 Å². The van der Waals surface area contributed by atoms with Crippen LogP contribution in [0.3, 0.4) is 0 Å². The van der Waals surface area contributed by atoms with Crippen LogP contribution in [0.2, 0.25) is 5.02 Å². The molecule has 0 spiro atoms. The second-order valence-corrected chi connectivity index (χ2v) is 9.05. The molecule has 1 amide bonds. The van der Waals surface area contributed by atoms with Crippen LogP contribution in [0.5, 0.6) is 0 Å². The molecule has 4 nitrogen and oxygen atoms in total. The molecule has 0 heterocycles. The van der Waals surface area contributed by atoms with Crippen molar-refractivity contribution < 1.29 is 13.2 Å². The molecule has 1 unspecified atom stereocenters. The molecule has 1 atom stereocenters. The van der Waals surface area contributed by atoms with Crippen molar-refractivity contribution in [3.05, 3.63) is 28.3 Å². The van der Waals surface area contributed by atoms with E-state index in [1.54, 1.807) is 6.92 Å². The molecule has 7 heteroatoms. The van der Waals surface area contributed by atoms with Crippen molar-refractivity contribution >= 4 is 37.2 Å². The van der Waals surface area contributed by atoms with Gasteiger partial charge in [-0.1, -0.05) is 32.4 Å². The molecular weight excluding hydrogens is 333 g/mol. The lowest BCUT2D eigenvalue weighted by molar-refractivity contribution is 0.0909. The van der Waals surface area contributed by atoms with E-state index in [0.29, 0.717) is 5.56 Å². The van der Waals surface area contributed by atoms with Crippen molar-refractivity contribution in [2.24, 2.45) is 5.41 Å². The molecule has 0 aliphatic heterocycles. The molecule has 21 heavy (non-hydrogen) atoms. The smallest absolute Gasteiger partial charge is 0.261 e. The summed E-state index contributed by atoms with van der Waals surface area (Å²) >= 11 is 5.99. The first kappa shape index (κ1) is 18.3. The Morgan fingerprint density at radius 1 is 1.29 bits per heavy atom. The maximum Gasteiger partial charge on any atom is 0.261 e. The van der Waals surface area contributed by atoms with Gasteiger partial charge in [0.2, 0.25) is 0 Å². The Kier molecular flexibility index (Phi) is 5.35. The standard InChI is InChI=1S/C14H19Cl2NO3S/c1-8-11(13(18)17-9(2)14(3,4)5)6-10(7-12(8)15)21(16,19)20/h6-7,9H,1-5H3,(H,17,18). The maximum atomic E-state index is 12.3. The van der Waals surface area contributed by atoms with E-state index in [1.165, 1.54) is 12.1 Å². The van der Waals surface area contributed by atoms with Crippen molar-refractivity contribution in [1.29, 1.82) is 0 Å². The zero-order valence-electron chi connectivity index (χ0n) is 12.6. The molecule has 118 valence electrons. The van der Waals surface area contributed by atoms with Gasteiger partial charge < -0.3 is 5.32 Å². The quantitative estimate of drug-likeness (QED) is 0.843. The number of carbonyl (C=O) groups excluding carboxylic acids is 1. The van der Waals surface area contributed by atoms with Crippen molar-refractivity contribution in [3.8, 4) is 0 Å². The van der Waals surface area contributed by atoms with Gasteiger partial charge in [-0.25, -0.2) is 8.42 Å². The zero-order valence-corrected chi connectivity index (χ0v) is 14.9. The van der Waals surface area contributed by atoms with E-state index in [1.807, 2.05) is 27.7 Å². The van der Waals surface area contributed by atoms with Gasteiger partial charge in [-0.05, 0) is 37.0 Å². The Morgan fingerprint density at radius 2 is 1.81 bits per heavy atom. The number of benzene rings is 1. The number of amides is 1. The minimum atomic E-state index is -3.95. The highest BCUT2D eigenvalue weighted by atomic mass is 35.7. The van der Waals surface area contributed by atoms with E-state index in [9.17, 15) is 13.2 Å². The van der Waals surface area contributed by atoms with E-state index in [0.717, 1.165) is 0 Å². The van der Waals surface area contributed by atoms with E-state index >= 15 is 0 Å². The second kappa shape index (κ2) is 6.15. The molecule has 1 aromatic rings. The fraction of sp³-hybridized carbons (Fsp3) is 0.500. The van der Waals surface area contributed by atoms with Crippen LogP contribution in [0, 0.1) is 12.3 Å². The first-order valence-electron chi connectivity index (χ1n) is 6.39. The fourth-order valence-corrected chi connectivity index (χ4v) is 2.59. The average Bonchev–Trinajstić information content (AvgIpc) is 2.29. The van der Waals surface area contributed by atoms with E-state index in [2.05, 4.69) is 5.32 Å². The third kappa shape index (κ3) is 4.59. The normalized spacial score (nSPS) is 13.9. The lowest BCUT2D eigenvalue weighted by atomic mass is 9.88. The van der Waals surface area contributed by atoms with Gasteiger partial charge >= 0.3 is 0 Å². The second-order valence-electron chi connectivity index (χ2n) is 6.08. The van der Waals surface area contributed by atoms with Crippen LogP contribution in [-0.2, 0) is 9.05 Å². The first-order chi connectivity index (χ1) is 9.34. The van der Waals surface area contributed by atoms with Gasteiger partial charge in [-0.15, -0.1) is 0 Å². The van der Waals surface area contributed by atoms with Crippen LogP contribution < -0.4 is 5.32 Å². The summed E-state index contributed by atoms with van der Waals surface area (Å²) in [4.78, 5) is 12.2. The summed E-state index contributed by atoms with van der Waals surface area (Å²) in [5.74, 6) is -0.376. The van der Waals surface area contributed by atoms with Gasteiger partial charge in [0.05, 0.1) is 4.90 Å². The molecule has 0 aromatic heterocycles. The van der Waals surface area contributed by atoms with Crippen LogP contribution in [0.15, 0.2) is 17.0 Å². The van der Waals surface area contributed by atoms with E-state index < -0.39 is 9.05 Å². The molecular formula is C14H19Cl2NO3S. The average molecular weight is 352 g/mol. The molecule has 0 aliphatic rings. The van der Waals surface area contributed by atoms with Crippen LogP contribution >= 0.6 is 22.3 Å². The number of hydrogen-bond acceptors (Lipinski definition) is 3. The minimum absolute atomic E-state index is 0.0977. The molecule has 0 bridgehead atoms. The van der Waals surface area contributed by atoms with Crippen molar-refractivity contribution in [2.45, 2.75) is 45.6 Å². The van der Waals surface area contributed by atoms with Crippen LogP contribution in [0.25, 0.3) is 0 Å². The molecule has 0 saturated carbocycles. The predicted molar refractivity (Wildman–Crippen MR) is 85.6 cm³/mol. The molecule has 1 aromatic carbocycles. The first-order valence-corrected chi connectivity index (χ1v) is 9.08. The maximum absolute atomic E-state index is 12.3. The summed E-state index contributed by atoms with van der Waals surface area (Å²) in [5, 5.41) is 3.03. The third-order valence-electron chi connectivity index (χ3n) is 3.49. The van der Waals surface area contributed by atoms with Crippen molar-refractivity contribution in [2.75, 3.05) is 0 Å². The monoisotopic (exact) mass is 351 g/mol. The summed E-state index contributed by atoms with van der Waals surface area (Å²) in [6, 6.07) is 2.39. The third-order valence-corrected chi connectivity index (χ3v) is 5.22. The van der Waals surface area contributed by atoms with E-state index in [4.69, 9.17) is 22.3 Å². The van der Waals surface area contributed by atoms with Crippen LogP contribution in [0.1, 0.15) is 43.6 Å². The van der Waals surface area contributed by atoms with E-state index in [-0.39, 0.29) is 32.8 Å². The molecule has 0 radical (unpaired) electrons. The zero-order chi connectivity index (χ0) is 16.6. The summed E-state index contributed by atoms with van der Waals surface area (Å²) in [6.07, 6.45) is 0. The molecule has 0 aliphatic carbocycles. The van der Waals surface area contributed by atoms with Gasteiger partial charge in [0.1, 0.15) is 0 Å². The number of rotatable bonds is 3. The number of nitrogens with one attached hydrogen (secondary N) is 1. The number of hydrogen-bond donors (Lipinski definition) is 1. The van der Waals surface area contributed by atoms with Crippen molar-refractivity contribution in [1.82, 2.24) is 5.32 Å². The van der Waals surface area contributed by atoms with Crippen LogP contribution in [-0.4, -0.2) is 20.4 Å². The van der Waals surface area contributed by atoms with Gasteiger partial charge in [0.25, 0.3) is 15.0 Å². The Morgan fingerprint density at radius 3 is 2.24 bits per heavy atom. The molecule has 1 N–H and O–H groups in total. The summed E-state index contributed by atoms with van der Waals surface area (Å²) < 4.78 is 22.9. The van der Waals surface area contributed by atoms with Gasteiger partial charge in [0, 0.05) is 27.3 Å². The topological polar surface area (TPSA) is 63.2 Å². The highest BCUT2D eigenvalue weighted by molar-refractivity contribution is 8.13. The summed E-state index contributed by atoms with van der Waals surface area (Å²) in [6.45, 7) is 9.53. The number of halogens is 2. The molecule has 0 saturated heterocycles. The Labute approximate surface area is 135 Å². The van der Waals surface area contributed by atoms with Gasteiger partial charge in [0.15, 0.2) is 0 Å². The SMILES string of the molecule is Cc1c(Cl)cc(S(=O)(=O)Cl)cc1C(=O)NC(C)C(C)(C)C. The Hall–Kier alpha value is -0.780. The van der Waals surface area contributed by atoms with Gasteiger partial charge in [-0.2, -0.15) is 0 Å². The largest absolute Gasteiger partial charge is 0.349 e. The molecule has 0 fully saturated rings. The highest BCUT2D eigenvalue weighted by Crippen LogP contribution is 2.27. The lowest BCUT2D eigenvalue weighted by Crippen LogP contribution is -2.41. The summed E-state index contributed by atoms with van der Waals surface area (Å²) in [7, 11) is 1.37. The minimum Gasteiger partial charge on any atom is -0.349 e.